The number of hydrogen-bond donors (Lipinski definition) is 1. The molecule has 1 saturated heterocycles. The summed E-state index contributed by atoms with van der Waals surface area (Å²) in [5.41, 5.74) is 0. The van der Waals surface area contributed by atoms with E-state index in [9.17, 15) is 22.8 Å². The molecular formula is C13H19F3N2O3. The van der Waals surface area contributed by atoms with Crippen LogP contribution in [-0.2, 0) is 14.3 Å². The van der Waals surface area contributed by atoms with Crippen molar-refractivity contribution < 1.29 is 27.5 Å². The molecule has 2 atom stereocenters. The number of hydrogen-bond acceptors (Lipinski definition) is 3. The number of ether oxygens (including phenoxy) is 1. The van der Waals surface area contributed by atoms with Gasteiger partial charge in [-0.15, -0.1) is 0 Å². The van der Waals surface area contributed by atoms with E-state index in [0.717, 1.165) is 12.8 Å². The molecule has 0 bridgehead atoms. The number of nitrogens with one attached hydrogen (secondary N) is 1. The molecule has 2 rings (SSSR count). The molecule has 1 heterocycles. The first-order valence-corrected chi connectivity index (χ1v) is 7.07. The van der Waals surface area contributed by atoms with Gasteiger partial charge in [-0.2, -0.15) is 13.2 Å². The predicted octanol–water partition coefficient (Wildman–Crippen LogP) is 1.22. The van der Waals surface area contributed by atoms with Gasteiger partial charge in [0.1, 0.15) is 18.8 Å². The first-order valence-electron chi connectivity index (χ1n) is 7.07. The Labute approximate surface area is 120 Å². The van der Waals surface area contributed by atoms with Crippen LogP contribution in [0.15, 0.2) is 0 Å². The Kier molecular flexibility index (Phi) is 4.75. The summed E-state index contributed by atoms with van der Waals surface area (Å²) in [6, 6.07) is -0.399. The molecule has 2 unspecified atom stereocenters. The van der Waals surface area contributed by atoms with Crippen molar-refractivity contribution in [2.24, 2.45) is 0 Å². The summed E-state index contributed by atoms with van der Waals surface area (Å²) >= 11 is 0. The topological polar surface area (TPSA) is 58.6 Å². The van der Waals surface area contributed by atoms with Gasteiger partial charge in [-0.05, 0) is 32.6 Å². The van der Waals surface area contributed by atoms with Gasteiger partial charge in [-0.3, -0.25) is 9.59 Å². The Morgan fingerprint density at radius 2 is 2.00 bits per heavy atom. The third-order valence-electron chi connectivity index (χ3n) is 3.61. The van der Waals surface area contributed by atoms with Crippen LogP contribution in [0.25, 0.3) is 0 Å². The van der Waals surface area contributed by atoms with Crippen molar-refractivity contribution in [1.82, 2.24) is 10.2 Å². The van der Waals surface area contributed by atoms with E-state index in [1.165, 1.54) is 11.8 Å². The summed E-state index contributed by atoms with van der Waals surface area (Å²) in [7, 11) is 0. The van der Waals surface area contributed by atoms with Gasteiger partial charge in [-0.25, -0.2) is 0 Å². The monoisotopic (exact) mass is 308 g/mol. The van der Waals surface area contributed by atoms with Gasteiger partial charge in [0.25, 0.3) is 5.91 Å². The SMILES string of the molecule is CC(OCC(F)(F)F)C(=O)N1CCCC1C(=O)NC1CC1. The summed E-state index contributed by atoms with van der Waals surface area (Å²) in [5.74, 6) is -0.779. The van der Waals surface area contributed by atoms with E-state index in [4.69, 9.17) is 0 Å². The van der Waals surface area contributed by atoms with Crippen LogP contribution in [0.1, 0.15) is 32.6 Å². The molecule has 1 saturated carbocycles. The Morgan fingerprint density at radius 1 is 1.33 bits per heavy atom. The van der Waals surface area contributed by atoms with Crippen molar-refractivity contribution in [1.29, 1.82) is 0 Å². The standard InChI is InChI=1S/C13H19F3N2O3/c1-8(21-7-13(14,15)16)12(20)18-6-2-3-10(18)11(19)17-9-4-5-9/h8-10H,2-7H2,1H3,(H,17,19). The summed E-state index contributed by atoms with van der Waals surface area (Å²) in [6.07, 6.45) is -2.59. The minimum atomic E-state index is -4.47. The number of nitrogens with zero attached hydrogens (tertiary/aromatic N) is 1. The zero-order chi connectivity index (χ0) is 15.6. The molecule has 5 nitrogen and oxygen atoms in total. The molecule has 1 aliphatic heterocycles. The fourth-order valence-electron chi connectivity index (χ4n) is 2.35. The van der Waals surface area contributed by atoms with Crippen molar-refractivity contribution in [3.63, 3.8) is 0 Å². The lowest BCUT2D eigenvalue weighted by atomic mass is 10.2. The van der Waals surface area contributed by atoms with Gasteiger partial charge in [-0.1, -0.05) is 0 Å². The smallest absolute Gasteiger partial charge is 0.359 e. The number of carbonyl (C=O) groups is 2. The molecule has 1 aliphatic carbocycles. The van der Waals surface area contributed by atoms with E-state index in [0.29, 0.717) is 19.4 Å². The van der Waals surface area contributed by atoms with E-state index < -0.39 is 30.8 Å². The summed E-state index contributed by atoms with van der Waals surface area (Å²) < 4.78 is 40.8. The quantitative estimate of drug-likeness (QED) is 0.831. The summed E-state index contributed by atoms with van der Waals surface area (Å²) in [6.45, 7) is 0.191. The largest absolute Gasteiger partial charge is 0.411 e. The Hall–Kier alpha value is -1.31. The molecule has 21 heavy (non-hydrogen) atoms. The van der Waals surface area contributed by atoms with Crippen LogP contribution in [-0.4, -0.2) is 54.2 Å². The van der Waals surface area contributed by atoms with Crippen LogP contribution in [0, 0.1) is 0 Å². The average molecular weight is 308 g/mol. The van der Waals surface area contributed by atoms with E-state index in [-0.39, 0.29) is 11.9 Å². The molecule has 0 aromatic carbocycles. The predicted molar refractivity (Wildman–Crippen MR) is 67.4 cm³/mol. The third-order valence-corrected chi connectivity index (χ3v) is 3.61. The second-order valence-corrected chi connectivity index (χ2v) is 5.54. The second-order valence-electron chi connectivity index (χ2n) is 5.54. The van der Waals surface area contributed by atoms with Crippen LogP contribution >= 0.6 is 0 Å². The Morgan fingerprint density at radius 3 is 2.57 bits per heavy atom. The number of carbonyl (C=O) groups excluding carboxylic acids is 2. The van der Waals surface area contributed by atoms with E-state index in [2.05, 4.69) is 10.1 Å². The second kappa shape index (κ2) is 6.21. The first-order chi connectivity index (χ1) is 9.78. The third kappa shape index (κ3) is 4.59. The number of amides is 2. The Bertz CT molecular complexity index is 410. The Balaban J connectivity index is 1.88. The lowest BCUT2D eigenvalue weighted by molar-refractivity contribution is -0.189. The van der Waals surface area contributed by atoms with Crippen molar-refractivity contribution in [3.8, 4) is 0 Å². The van der Waals surface area contributed by atoms with Gasteiger partial charge in [0, 0.05) is 12.6 Å². The van der Waals surface area contributed by atoms with Crippen molar-refractivity contribution in [2.75, 3.05) is 13.2 Å². The molecule has 0 radical (unpaired) electrons. The number of halogens is 3. The van der Waals surface area contributed by atoms with Gasteiger partial charge >= 0.3 is 6.18 Å². The molecule has 0 spiro atoms. The molecule has 1 N–H and O–H groups in total. The lowest BCUT2D eigenvalue weighted by Crippen LogP contribution is -2.49. The molecule has 2 aliphatic rings. The highest BCUT2D eigenvalue weighted by molar-refractivity contribution is 5.90. The van der Waals surface area contributed by atoms with Crippen LogP contribution in [0.4, 0.5) is 13.2 Å². The zero-order valence-corrected chi connectivity index (χ0v) is 11.8. The van der Waals surface area contributed by atoms with Crippen LogP contribution in [0.3, 0.4) is 0 Å². The van der Waals surface area contributed by atoms with Crippen LogP contribution < -0.4 is 5.32 Å². The number of likely N-dealkylation sites (tertiary alicyclic amines) is 1. The van der Waals surface area contributed by atoms with Crippen molar-refractivity contribution >= 4 is 11.8 Å². The average Bonchev–Trinajstić information content (AvgIpc) is 3.06. The molecule has 0 aromatic heterocycles. The summed E-state index contributed by atoms with van der Waals surface area (Å²) in [5, 5.41) is 2.82. The number of rotatable bonds is 5. The van der Waals surface area contributed by atoms with Gasteiger partial charge in [0.2, 0.25) is 5.91 Å². The van der Waals surface area contributed by atoms with E-state index in [1.807, 2.05) is 0 Å². The van der Waals surface area contributed by atoms with Crippen molar-refractivity contribution in [2.45, 2.75) is 57.0 Å². The fraction of sp³-hybridized carbons (Fsp3) is 0.846. The fourth-order valence-corrected chi connectivity index (χ4v) is 2.35. The molecule has 2 fully saturated rings. The maximum absolute atomic E-state index is 12.1. The van der Waals surface area contributed by atoms with Crippen LogP contribution in [0.5, 0.6) is 0 Å². The normalized spacial score (nSPS) is 24.0. The van der Waals surface area contributed by atoms with Crippen LogP contribution in [0.2, 0.25) is 0 Å². The maximum Gasteiger partial charge on any atom is 0.411 e. The highest BCUT2D eigenvalue weighted by Crippen LogP contribution is 2.23. The highest BCUT2D eigenvalue weighted by atomic mass is 19.4. The molecule has 8 heteroatoms. The molecule has 0 aromatic rings. The first kappa shape index (κ1) is 16.1. The number of alkyl halides is 3. The lowest BCUT2D eigenvalue weighted by Gasteiger charge is -2.27. The summed E-state index contributed by atoms with van der Waals surface area (Å²) in [4.78, 5) is 25.5. The van der Waals surface area contributed by atoms with Crippen molar-refractivity contribution in [3.05, 3.63) is 0 Å². The molecular weight excluding hydrogens is 289 g/mol. The minimum Gasteiger partial charge on any atom is -0.359 e. The minimum absolute atomic E-state index is 0.189. The van der Waals surface area contributed by atoms with Gasteiger partial charge < -0.3 is 15.0 Å². The van der Waals surface area contributed by atoms with E-state index >= 15 is 0 Å². The molecule has 2 amide bonds. The van der Waals surface area contributed by atoms with Gasteiger partial charge in [0.05, 0.1) is 0 Å². The van der Waals surface area contributed by atoms with Gasteiger partial charge in [0.15, 0.2) is 0 Å². The zero-order valence-electron chi connectivity index (χ0n) is 11.8. The highest BCUT2D eigenvalue weighted by Gasteiger charge is 2.39. The maximum atomic E-state index is 12.1. The van der Waals surface area contributed by atoms with E-state index in [1.54, 1.807) is 0 Å². The molecule has 120 valence electrons.